The van der Waals surface area contributed by atoms with Gasteiger partial charge in [0.15, 0.2) is 0 Å². The van der Waals surface area contributed by atoms with E-state index < -0.39 is 18.1 Å². The van der Waals surface area contributed by atoms with E-state index in [2.05, 4.69) is 15.3 Å². The third-order valence-corrected chi connectivity index (χ3v) is 6.79. The summed E-state index contributed by atoms with van der Waals surface area (Å²) >= 11 is 1.32. The van der Waals surface area contributed by atoms with Crippen LogP contribution in [0.2, 0.25) is 0 Å². The molecule has 0 unspecified atom stereocenters. The van der Waals surface area contributed by atoms with E-state index in [1.165, 1.54) is 11.3 Å². The molecule has 2 fully saturated rings. The molecule has 0 aliphatic heterocycles. The predicted molar refractivity (Wildman–Crippen MR) is 98.1 cm³/mol. The van der Waals surface area contributed by atoms with Gasteiger partial charge in [-0.1, -0.05) is 6.42 Å². The monoisotopic (exact) mass is 397 g/mol. The lowest BCUT2D eigenvalue weighted by Gasteiger charge is -2.30. The van der Waals surface area contributed by atoms with Crippen molar-refractivity contribution in [2.24, 2.45) is 5.92 Å². The van der Waals surface area contributed by atoms with E-state index in [-0.39, 0.29) is 18.7 Å². The van der Waals surface area contributed by atoms with Gasteiger partial charge in [0.2, 0.25) is 0 Å². The Morgan fingerprint density at radius 3 is 2.56 bits per heavy atom. The molecule has 2 atom stereocenters. The Bertz CT molecular complexity index is 888. The molecule has 2 saturated carbocycles. The van der Waals surface area contributed by atoms with Crippen LogP contribution in [0.5, 0.6) is 0 Å². The Kier molecular flexibility index (Phi) is 4.64. The fourth-order valence-corrected chi connectivity index (χ4v) is 5.11. The summed E-state index contributed by atoms with van der Waals surface area (Å²) in [5, 5.41) is 3.73. The van der Waals surface area contributed by atoms with Gasteiger partial charge < -0.3 is 5.32 Å². The van der Waals surface area contributed by atoms with Gasteiger partial charge in [0.05, 0.1) is 16.5 Å². The Balaban J connectivity index is 1.56. The van der Waals surface area contributed by atoms with Crippen LogP contribution >= 0.6 is 11.3 Å². The summed E-state index contributed by atoms with van der Waals surface area (Å²) in [7, 11) is 0. The molecule has 4 nitrogen and oxygen atoms in total. The van der Waals surface area contributed by atoms with E-state index in [1.54, 1.807) is 0 Å². The van der Waals surface area contributed by atoms with Gasteiger partial charge in [0.1, 0.15) is 10.7 Å². The molecule has 2 aromatic heterocycles. The van der Waals surface area contributed by atoms with Gasteiger partial charge in [0, 0.05) is 17.3 Å². The minimum Gasteiger partial charge on any atom is -0.349 e. The fourth-order valence-electron chi connectivity index (χ4n) is 3.97. The van der Waals surface area contributed by atoms with Crippen LogP contribution in [0.15, 0.2) is 0 Å². The zero-order valence-electron chi connectivity index (χ0n) is 15.3. The predicted octanol–water partition coefficient (Wildman–Crippen LogP) is 5.04. The normalized spacial score (nSPS) is 23.6. The van der Waals surface area contributed by atoms with Crippen molar-refractivity contribution in [3.63, 3.8) is 0 Å². The van der Waals surface area contributed by atoms with Crippen LogP contribution in [0.25, 0.3) is 10.2 Å². The number of amides is 1. The topological polar surface area (TPSA) is 54.9 Å². The highest BCUT2D eigenvalue weighted by Gasteiger charge is 2.42. The number of aryl methyl sites for hydroxylation is 2. The highest BCUT2D eigenvalue weighted by atomic mass is 32.1. The average Bonchev–Trinajstić information content (AvgIpc) is 3.38. The van der Waals surface area contributed by atoms with Crippen molar-refractivity contribution in [3.05, 3.63) is 22.0 Å². The van der Waals surface area contributed by atoms with E-state index >= 15 is 0 Å². The number of fused-ring (bicyclic) bond motifs is 1. The summed E-state index contributed by atoms with van der Waals surface area (Å²) in [6.07, 6.45) is -0.804. The maximum absolute atomic E-state index is 13.0. The first kappa shape index (κ1) is 18.7. The first-order chi connectivity index (χ1) is 12.7. The van der Waals surface area contributed by atoms with Crippen molar-refractivity contribution in [2.75, 3.05) is 0 Å². The SMILES string of the molecule is Cc1nc(C2CC2)nc2sc(C(=O)N[C@@H]3CCC[C@H](C(F)(F)F)C3)c(C)c12. The molecule has 1 N–H and O–H groups in total. The Hall–Kier alpha value is -1.70. The number of thiophene rings is 1. The van der Waals surface area contributed by atoms with Crippen molar-refractivity contribution in [2.45, 2.75) is 70.5 Å². The van der Waals surface area contributed by atoms with Crippen LogP contribution in [-0.4, -0.2) is 28.1 Å². The second-order valence-corrected chi connectivity index (χ2v) is 8.75. The molecule has 0 bridgehead atoms. The standard InChI is InChI=1S/C19H22F3N3OS/c1-9-14-10(2)23-16(11-6-7-11)25-18(14)27-15(9)17(26)24-13-5-3-4-12(8-13)19(20,21)22/h11-13H,3-8H2,1-2H3,(H,24,26)/t12-,13+/m0/s1. The van der Waals surface area contributed by atoms with Crippen LogP contribution in [0.4, 0.5) is 13.2 Å². The number of nitrogens with zero attached hydrogens (tertiary/aromatic N) is 2. The highest BCUT2D eigenvalue weighted by Crippen LogP contribution is 2.41. The number of carbonyl (C=O) groups is 1. The van der Waals surface area contributed by atoms with Crippen molar-refractivity contribution in [3.8, 4) is 0 Å². The molecule has 146 valence electrons. The van der Waals surface area contributed by atoms with Crippen molar-refractivity contribution >= 4 is 27.5 Å². The van der Waals surface area contributed by atoms with Crippen LogP contribution in [0.1, 0.15) is 71.2 Å². The van der Waals surface area contributed by atoms with Crippen molar-refractivity contribution < 1.29 is 18.0 Å². The molecule has 27 heavy (non-hydrogen) atoms. The zero-order valence-corrected chi connectivity index (χ0v) is 16.1. The number of hydrogen-bond acceptors (Lipinski definition) is 4. The Labute approximate surface area is 159 Å². The average molecular weight is 397 g/mol. The minimum absolute atomic E-state index is 0.0379. The zero-order chi connectivity index (χ0) is 19.3. The van der Waals surface area contributed by atoms with E-state index in [0.29, 0.717) is 23.6 Å². The van der Waals surface area contributed by atoms with E-state index in [1.807, 2.05) is 13.8 Å². The summed E-state index contributed by atoms with van der Waals surface area (Å²) in [6.45, 7) is 3.78. The van der Waals surface area contributed by atoms with Crippen LogP contribution in [0.3, 0.4) is 0 Å². The molecule has 0 spiro atoms. The molecule has 0 aromatic carbocycles. The van der Waals surface area contributed by atoms with E-state index in [9.17, 15) is 18.0 Å². The number of halogens is 3. The second-order valence-electron chi connectivity index (χ2n) is 7.75. The largest absolute Gasteiger partial charge is 0.391 e. The lowest BCUT2D eigenvalue weighted by Crippen LogP contribution is -2.41. The highest BCUT2D eigenvalue weighted by molar-refractivity contribution is 7.20. The molecule has 2 heterocycles. The number of alkyl halides is 3. The molecule has 2 aliphatic rings. The summed E-state index contributed by atoms with van der Waals surface area (Å²) in [5.74, 6) is -0.354. The number of hydrogen-bond donors (Lipinski definition) is 1. The molecular formula is C19H22F3N3OS. The maximum atomic E-state index is 13.0. The molecule has 4 rings (SSSR count). The number of rotatable bonds is 3. The summed E-state index contributed by atoms with van der Waals surface area (Å²) in [4.78, 5) is 23.3. The minimum atomic E-state index is -4.19. The van der Waals surface area contributed by atoms with E-state index in [4.69, 9.17) is 0 Å². The summed E-state index contributed by atoms with van der Waals surface area (Å²) < 4.78 is 39.0. The van der Waals surface area contributed by atoms with Gasteiger partial charge in [-0.05, 0) is 51.5 Å². The molecule has 8 heteroatoms. The second kappa shape index (κ2) is 6.72. The number of nitrogens with one attached hydrogen (secondary N) is 1. The van der Waals surface area contributed by atoms with Crippen LogP contribution in [0, 0.1) is 19.8 Å². The number of carbonyl (C=O) groups excluding carboxylic acids is 1. The molecule has 2 aromatic rings. The molecule has 1 amide bonds. The van der Waals surface area contributed by atoms with E-state index in [0.717, 1.165) is 40.1 Å². The van der Waals surface area contributed by atoms with Gasteiger partial charge in [-0.15, -0.1) is 11.3 Å². The molecule has 0 saturated heterocycles. The molecular weight excluding hydrogens is 375 g/mol. The van der Waals surface area contributed by atoms with Gasteiger partial charge in [-0.3, -0.25) is 4.79 Å². The third kappa shape index (κ3) is 3.68. The van der Waals surface area contributed by atoms with Crippen LogP contribution < -0.4 is 5.32 Å². The van der Waals surface area contributed by atoms with Gasteiger partial charge in [0.25, 0.3) is 5.91 Å². The third-order valence-electron chi connectivity index (χ3n) is 5.61. The van der Waals surface area contributed by atoms with Crippen LogP contribution in [-0.2, 0) is 0 Å². The smallest absolute Gasteiger partial charge is 0.349 e. The fraction of sp³-hybridized carbons (Fsp3) is 0.632. The number of aromatic nitrogens is 2. The Morgan fingerprint density at radius 2 is 1.89 bits per heavy atom. The Morgan fingerprint density at radius 1 is 1.15 bits per heavy atom. The summed E-state index contributed by atoms with van der Waals surface area (Å²) in [6, 6.07) is -0.434. The lowest BCUT2D eigenvalue weighted by molar-refractivity contribution is -0.183. The van der Waals surface area contributed by atoms with Crippen molar-refractivity contribution in [1.29, 1.82) is 0 Å². The quantitative estimate of drug-likeness (QED) is 0.790. The molecule has 2 aliphatic carbocycles. The molecule has 0 radical (unpaired) electrons. The maximum Gasteiger partial charge on any atom is 0.391 e. The summed E-state index contributed by atoms with van der Waals surface area (Å²) in [5.41, 5.74) is 1.68. The van der Waals surface area contributed by atoms with Crippen molar-refractivity contribution in [1.82, 2.24) is 15.3 Å². The first-order valence-electron chi connectivity index (χ1n) is 9.39. The van der Waals surface area contributed by atoms with Gasteiger partial charge in [-0.2, -0.15) is 13.2 Å². The van der Waals surface area contributed by atoms with Gasteiger partial charge in [-0.25, -0.2) is 9.97 Å². The lowest BCUT2D eigenvalue weighted by atomic mass is 9.85. The first-order valence-corrected chi connectivity index (χ1v) is 10.2. The van der Waals surface area contributed by atoms with Gasteiger partial charge >= 0.3 is 6.18 Å².